The maximum absolute atomic E-state index is 12.6. The molecule has 0 radical (unpaired) electrons. The fourth-order valence-electron chi connectivity index (χ4n) is 3.17. The Bertz CT molecular complexity index is 965. The molecule has 1 aliphatic heterocycles. The van der Waals surface area contributed by atoms with Gasteiger partial charge in [-0.15, -0.1) is 0 Å². The van der Waals surface area contributed by atoms with Crippen LogP contribution in [0.3, 0.4) is 0 Å². The van der Waals surface area contributed by atoms with Crippen molar-refractivity contribution in [3.8, 4) is 5.75 Å². The summed E-state index contributed by atoms with van der Waals surface area (Å²) >= 11 is 0. The standard InChI is InChI=1S/C20H20N4O3/c1-13(20-22-14-6-2-3-7-15(14)23-20)21-18(25)12-24-16-8-4-5-9-17(16)27-11-10-19(24)26/h2-9,13H,10-12H2,1H3,(H,21,25)(H,22,23)/t13-/m0/s1. The van der Waals surface area contributed by atoms with Gasteiger partial charge in [0.15, 0.2) is 0 Å². The number of imidazole rings is 1. The summed E-state index contributed by atoms with van der Waals surface area (Å²) in [6.45, 7) is 2.10. The number of fused-ring (bicyclic) bond motifs is 2. The number of hydrogen-bond donors (Lipinski definition) is 2. The third-order valence-electron chi connectivity index (χ3n) is 4.53. The van der Waals surface area contributed by atoms with E-state index in [-0.39, 0.29) is 30.8 Å². The van der Waals surface area contributed by atoms with E-state index >= 15 is 0 Å². The Labute approximate surface area is 156 Å². The fraction of sp³-hybridized carbons (Fsp3) is 0.250. The zero-order chi connectivity index (χ0) is 18.8. The largest absolute Gasteiger partial charge is 0.491 e. The van der Waals surface area contributed by atoms with Crippen molar-refractivity contribution in [2.45, 2.75) is 19.4 Å². The zero-order valence-corrected chi connectivity index (χ0v) is 14.9. The van der Waals surface area contributed by atoms with Crippen molar-refractivity contribution in [3.05, 3.63) is 54.4 Å². The summed E-state index contributed by atoms with van der Waals surface area (Å²) in [6, 6.07) is 14.6. The minimum Gasteiger partial charge on any atom is -0.491 e. The molecule has 4 rings (SSSR count). The number of amides is 2. The Hall–Kier alpha value is -3.35. The Morgan fingerprint density at radius 2 is 2.04 bits per heavy atom. The highest BCUT2D eigenvalue weighted by atomic mass is 16.5. The van der Waals surface area contributed by atoms with Gasteiger partial charge in [-0.2, -0.15) is 0 Å². The van der Waals surface area contributed by atoms with E-state index in [0.29, 0.717) is 23.9 Å². The van der Waals surface area contributed by atoms with Gasteiger partial charge < -0.3 is 15.0 Å². The second kappa shape index (κ2) is 7.11. The first-order valence-corrected chi connectivity index (χ1v) is 8.88. The van der Waals surface area contributed by atoms with E-state index in [1.807, 2.05) is 43.3 Å². The fourth-order valence-corrected chi connectivity index (χ4v) is 3.17. The van der Waals surface area contributed by atoms with Crippen LogP contribution in [0.2, 0.25) is 0 Å². The summed E-state index contributed by atoms with van der Waals surface area (Å²) in [5.74, 6) is 0.899. The van der Waals surface area contributed by atoms with E-state index in [1.54, 1.807) is 12.1 Å². The second-order valence-corrected chi connectivity index (χ2v) is 6.47. The third-order valence-corrected chi connectivity index (χ3v) is 4.53. The highest BCUT2D eigenvalue weighted by molar-refractivity contribution is 6.00. The lowest BCUT2D eigenvalue weighted by molar-refractivity contribution is -0.124. The molecule has 1 atom stereocenters. The molecule has 0 aliphatic carbocycles. The van der Waals surface area contributed by atoms with Crippen LogP contribution >= 0.6 is 0 Å². The van der Waals surface area contributed by atoms with Crippen molar-refractivity contribution < 1.29 is 14.3 Å². The number of carbonyl (C=O) groups is 2. The van der Waals surface area contributed by atoms with Crippen LogP contribution in [-0.2, 0) is 9.59 Å². The van der Waals surface area contributed by atoms with Crippen LogP contribution in [0.4, 0.5) is 5.69 Å². The van der Waals surface area contributed by atoms with Gasteiger partial charge in [0.2, 0.25) is 11.8 Å². The van der Waals surface area contributed by atoms with Crippen LogP contribution in [0.5, 0.6) is 5.75 Å². The molecule has 2 N–H and O–H groups in total. The molecule has 2 amide bonds. The first-order valence-electron chi connectivity index (χ1n) is 8.88. The van der Waals surface area contributed by atoms with Crippen molar-refractivity contribution in [1.29, 1.82) is 0 Å². The van der Waals surface area contributed by atoms with Crippen LogP contribution in [0.1, 0.15) is 25.2 Å². The molecule has 1 aromatic heterocycles. The number of benzene rings is 2. The molecule has 1 aliphatic rings. The molecular formula is C20H20N4O3. The van der Waals surface area contributed by atoms with Gasteiger partial charge in [0.05, 0.1) is 35.8 Å². The maximum atomic E-state index is 12.6. The number of hydrogen-bond acceptors (Lipinski definition) is 4. The molecule has 27 heavy (non-hydrogen) atoms. The molecule has 138 valence electrons. The van der Waals surface area contributed by atoms with Crippen molar-refractivity contribution in [2.24, 2.45) is 0 Å². The van der Waals surface area contributed by atoms with Gasteiger partial charge in [0, 0.05) is 0 Å². The number of nitrogens with one attached hydrogen (secondary N) is 2. The minimum atomic E-state index is -0.307. The molecule has 0 spiro atoms. The average Bonchev–Trinajstić information content (AvgIpc) is 3.04. The first-order chi connectivity index (χ1) is 13.1. The second-order valence-electron chi connectivity index (χ2n) is 6.47. The Morgan fingerprint density at radius 1 is 1.26 bits per heavy atom. The van der Waals surface area contributed by atoms with Crippen LogP contribution in [0.25, 0.3) is 11.0 Å². The molecule has 7 heteroatoms. The van der Waals surface area contributed by atoms with E-state index < -0.39 is 0 Å². The lowest BCUT2D eigenvalue weighted by Crippen LogP contribution is -2.41. The number of rotatable bonds is 4. The maximum Gasteiger partial charge on any atom is 0.240 e. The quantitative estimate of drug-likeness (QED) is 0.745. The third kappa shape index (κ3) is 3.48. The topological polar surface area (TPSA) is 87.3 Å². The smallest absolute Gasteiger partial charge is 0.240 e. The predicted molar refractivity (Wildman–Crippen MR) is 102 cm³/mol. The van der Waals surface area contributed by atoms with Gasteiger partial charge in [-0.05, 0) is 31.2 Å². The molecule has 7 nitrogen and oxygen atoms in total. The van der Waals surface area contributed by atoms with E-state index in [9.17, 15) is 9.59 Å². The first kappa shape index (κ1) is 17.1. The number of ether oxygens (including phenoxy) is 1. The Kier molecular flexibility index (Phi) is 4.50. The van der Waals surface area contributed by atoms with Crippen molar-refractivity contribution in [2.75, 3.05) is 18.1 Å². The van der Waals surface area contributed by atoms with E-state index in [2.05, 4.69) is 15.3 Å². The Balaban J connectivity index is 1.49. The van der Waals surface area contributed by atoms with Gasteiger partial charge in [0.25, 0.3) is 0 Å². The molecular weight excluding hydrogens is 344 g/mol. The van der Waals surface area contributed by atoms with Crippen LogP contribution < -0.4 is 15.0 Å². The number of aromatic amines is 1. The summed E-state index contributed by atoms with van der Waals surface area (Å²) < 4.78 is 5.61. The number of aromatic nitrogens is 2. The molecule has 3 aromatic rings. The normalized spacial score (nSPS) is 15.0. The molecule has 0 unspecified atom stereocenters. The monoisotopic (exact) mass is 364 g/mol. The molecule has 0 saturated heterocycles. The number of carbonyl (C=O) groups excluding carboxylic acids is 2. The van der Waals surface area contributed by atoms with Gasteiger partial charge in [-0.25, -0.2) is 4.98 Å². The van der Waals surface area contributed by atoms with Crippen molar-refractivity contribution >= 4 is 28.5 Å². The van der Waals surface area contributed by atoms with Crippen molar-refractivity contribution in [1.82, 2.24) is 15.3 Å². The highest BCUT2D eigenvalue weighted by Gasteiger charge is 2.25. The van der Waals surface area contributed by atoms with Crippen LogP contribution in [-0.4, -0.2) is 34.9 Å². The summed E-state index contributed by atoms with van der Waals surface area (Å²) in [7, 11) is 0. The molecule has 0 fully saturated rings. The van der Waals surface area contributed by atoms with Gasteiger partial charge in [0.1, 0.15) is 18.1 Å². The van der Waals surface area contributed by atoms with E-state index in [1.165, 1.54) is 4.90 Å². The molecule has 0 saturated carbocycles. The van der Waals surface area contributed by atoms with Gasteiger partial charge in [-0.1, -0.05) is 24.3 Å². The highest BCUT2D eigenvalue weighted by Crippen LogP contribution is 2.30. The summed E-state index contributed by atoms with van der Waals surface area (Å²) in [6.07, 6.45) is 0.237. The van der Waals surface area contributed by atoms with Crippen molar-refractivity contribution in [3.63, 3.8) is 0 Å². The predicted octanol–water partition coefficient (Wildman–Crippen LogP) is 2.56. The lowest BCUT2D eigenvalue weighted by atomic mass is 10.2. The summed E-state index contributed by atoms with van der Waals surface area (Å²) in [4.78, 5) is 34.2. The average molecular weight is 364 g/mol. The van der Waals surface area contributed by atoms with Crippen LogP contribution in [0, 0.1) is 0 Å². The Morgan fingerprint density at radius 3 is 2.89 bits per heavy atom. The van der Waals surface area contributed by atoms with Crippen LogP contribution in [0.15, 0.2) is 48.5 Å². The molecule has 0 bridgehead atoms. The summed E-state index contributed by atoms with van der Waals surface area (Å²) in [5, 5.41) is 2.91. The number of H-pyrrole nitrogens is 1. The molecule has 2 aromatic carbocycles. The zero-order valence-electron chi connectivity index (χ0n) is 14.9. The van der Waals surface area contributed by atoms with E-state index in [4.69, 9.17) is 4.74 Å². The van der Waals surface area contributed by atoms with Gasteiger partial charge >= 0.3 is 0 Å². The van der Waals surface area contributed by atoms with E-state index in [0.717, 1.165) is 11.0 Å². The number of nitrogens with zero attached hydrogens (tertiary/aromatic N) is 2. The summed E-state index contributed by atoms with van der Waals surface area (Å²) in [5.41, 5.74) is 2.39. The molecule has 2 heterocycles. The minimum absolute atomic E-state index is 0.0657. The lowest BCUT2D eigenvalue weighted by Gasteiger charge is -2.22. The van der Waals surface area contributed by atoms with Gasteiger partial charge in [-0.3, -0.25) is 14.5 Å². The number of para-hydroxylation sites is 4. The number of anilines is 1. The SMILES string of the molecule is C[C@H](NC(=O)CN1C(=O)CCOc2ccccc21)c1nc2ccccc2[nH]1.